The van der Waals surface area contributed by atoms with E-state index in [4.69, 9.17) is 16.3 Å². The second-order valence-electron chi connectivity index (χ2n) is 4.38. The Morgan fingerprint density at radius 1 is 1.45 bits per heavy atom. The molecule has 0 saturated carbocycles. The first kappa shape index (κ1) is 16.8. The minimum Gasteiger partial charge on any atom is -0.489 e. The Morgan fingerprint density at radius 2 is 2.20 bits per heavy atom. The third kappa shape index (κ3) is 6.75. The lowest BCUT2D eigenvalue weighted by Gasteiger charge is -2.14. The molecule has 20 heavy (non-hydrogen) atoms. The van der Waals surface area contributed by atoms with Gasteiger partial charge >= 0.3 is 0 Å². The average molecular weight is 301 g/mol. The number of nitrogens with one attached hydrogen (secondary N) is 2. The molecule has 1 rings (SSSR count). The van der Waals surface area contributed by atoms with E-state index < -0.39 is 6.10 Å². The van der Waals surface area contributed by atoms with Crippen LogP contribution in [0.3, 0.4) is 0 Å². The monoisotopic (exact) mass is 300 g/mol. The number of halogens is 1. The van der Waals surface area contributed by atoms with Crippen molar-refractivity contribution in [2.75, 3.05) is 26.2 Å². The van der Waals surface area contributed by atoms with Crippen molar-refractivity contribution in [3.8, 4) is 5.75 Å². The van der Waals surface area contributed by atoms with Gasteiger partial charge in [-0.15, -0.1) is 0 Å². The predicted octanol–water partition coefficient (Wildman–Crippen LogP) is 1.20. The van der Waals surface area contributed by atoms with Crippen LogP contribution >= 0.6 is 11.6 Å². The molecule has 0 radical (unpaired) electrons. The lowest BCUT2D eigenvalue weighted by Crippen LogP contribution is -2.39. The number of para-hydroxylation sites is 1. The zero-order valence-electron chi connectivity index (χ0n) is 11.6. The topological polar surface area (TPSA) is 70.6 Å². The maximum atomic E-state index is 11.3. The van der Waals surface area contributed by atoms with Gasteiger partial charge in [0.05, 0.1) is 11.6 Å². The van der Waals surface area contributed by atoms with E-state index in [0.717, 1.165) is 6.42 Å². The summed E-state index contributed by atoms with van der Waals surface area (Å²) in [5.74, 6) is 0.458. The van der Waals surface area contributed by atoms with Gasteiger partial charge in [0, 0.05) is 13.1 Å². The molecule has 5 nitrogen and oxygen atoms in total. The molecule has 1 aromatic carbocycles. The number of rotatable bonds is 9. The van der Waals surface area contributed by atoms with E-state index in [1.54, 1.807) is 12.1 Å². The third-order valence-electron chi connectivity index (χ3n) is 2.51. The molecule has 1 atom stereocenters. The molecule has 0 bridgehead atoms. The van der Waals surface area contributed by atoms with Crippen LogP contribution in [0.4, 0.5) is 0 Å². The molecule has 0 aromatic heterocycles. The predicted molar refractivity (Wildman–Crippen MR) is 79.1 cm³/mol. The molecule has 1 unspecified atom stereocenters. The van der Waals surface area contributed by atoms with Gasteiger partial charge in [-0.2, -0.15) is 0 Å². The van der Waals surface area contributed by atoms with E-state index in [0.29, 0.717) is 17.3 Å². The van der Waals surface area contributed by atoms with Crippen LogP contribution in [-0.4, -0.2) is 43.4 Å². The number of benzene rings is 1. The van der Waals surface area contributed by atoms with Gasteiger partial charge in [0.2, 0.25) is 5.91 Å². The minimum absolute atomic E-state index is 0.0777. The zero-order chi connectivity index (χ0) is 14.8. The van der Waals surface area contributed by atoms with Crippen molar-refractivity contribution in [3.05, 3.63) is 29.3 Å². The molecule has 1 amide bonds. The summed E-state index contributed by atoms with van der Waals surface area (Å²) >= 11 is 5.93. The number of amides is 1. The van der Waals surface area contributed by atoms with Crippen LogP contribution in [0.2, 0.25) is 5.02 Å². The fourth-order valence-corrected chi connectivity index (χ4v) is 1.68. The van der Waals surface area contributed by atoms with Gasteiger partial charge in [-0.25, -0.2) is 0 Å². The molecule has 0 spiro atoms. The molecule has 0 aliphatic rings. The average Bonchev–Trinajstić information content (AvgIpc) is 2.44. The number of carbonyl (C=O) groups excluding carboxylic acids is 1. The number of carbonyl (C=O) groups is 1. The molecular formula is C14H21ClN2O3. The number of hydrogen-bond donors (Lipinski definition) is 3. The van der Waals surface area contributed by atoms with Gasteiger partial charge in [0.25, 0.3) is 0 Å². The maximum absolute atomic E-state index is 11.3. The number of aliphatic hydroxyl groups is 1. The Labute approximate surface area is 124 Å². The highest BCUT2D eigenvalue weighted by molar-refractivity contribution is 6.32. The summed E-state index contributed by atoms with van der Waals surface area (Å²) in [6.45, 7) is 3.24. The first-order valence-electron chi connectivity index (χ1n) is 6.66. The maximum Gasteiger partial charge on any atom is 0.233 e. The van der Waals surface area contributed by atoms with Crippen LogP contribution in [0.15, 0.2) is 24.3 Å². The zero-order valence-corrected chi connectivity index (χ0v) is 12.3. The number of ether oxygens (including phenoxy) is 1. The molecule has 0 saturated heterocycles. The van der Waals surface area contributed by atoms with Crippen molar-refractivity contribution in [1.29, 1.82) is 0 Å². The SMILES string of the molecule is CCCNC(=O)CNCC(O)COc1ccccc1Cl. The van der Waals surface area contributed by atoms with E-state index in [2.05, 4.69) is 10.6 Å². The Kier molecular flexibility index (Phi) is 8.02. The van der Waals surface area contributed by atoms with E-state index in [-0.39, 0.29) is 25.6 Å². The summed E-state index contributed by atoms with van der Waals surface area (Å²) in [5, 5.41) is 15.8. The van der Waals surface area contributed by atoms with Crippen molar-refractivity contribution in [2.45, 2.75) is 19.4 Å². The Bertz CT molecular complexity index is 415. The molecule has 0 fully saturated rings. The van der Waals surface area contributed by atoms with E-state index in [1.807, 2.05) is 19.1 Å². The van der Waals surface area contributed by atoms with E-state index >= 15 is 0 Å². The van der Waals surface area contributed by atoms with Crippen LogP contribution in [0.1, 0.15) is 13.3 Å². The van der Waals surface area contributed by atoms with Gasteiger partial charge in [0.1, 0.15) is 18.5 Å². The first-order chi connectivity index (χ1) is 9.63. The highest BCUT2D eigenvalue weighted by Gasteiger charge is 2.08. The standard InChI is InChI=1S/C14H21ClN2O3/c1-2-7-17-14(19)9-16-8-11(18)10-20-13-6-4-3-5-12(13)15/h3-6,11,16,18H,2,7-10H2,1H3,(H,17,19). The van der Waals surface area contributed by atoms with Crippen LogP contribution in [0.25, 0.3) is 0 Å². The summed E-state index contributed by atoms with van der Waals surface area (Å²) in [5.41, 5.74) is 0. The third-order valence-corrected chi connectivity index (χ3v) is 2.82. The molecule has 0 aliphatic carbocycles. The van der Waals surface area contributed by atoms with Crippen molar-refractivity contribution in [2.24, 2.45) is 0 Å². The second-order valence-corrected chi connectivity index (χ2v) is 4.78. The smallest absolute Gasteiger partial charge is 0.233 e. The summed E-state index contributed by atoms with van der Waals surface area (Å²) in [6, 6.07) is 7.08. The van der Waals surface area contributed by atoms with Crippen molar-refractivity contribution < 1.29 is 14.6 Å². The first-order valence-corrected chi connectivity index (χ1v) is 7.04. The summed E-state index contributed by atoms with van der Waals surface area (Å²) in [4.78, 5) is 11.3. The van der Waals surface area contributed by atoms with Crippen LogP contribution in [-0.2, 0) is 4.79 Å². The Balaban J connectivity index is 2.16. The Hall–Kier alpha value is -1.30. The van der Waals surface area contributed by atoms with Crippen molar-refractivity contribution in [3.63, 3.8) is 0 Å². The van der Waals surface area contributed by atoms with Crippen molar-refractivity contribution >= 4 is 17.5 Å². The van der Waals surface area contributed by atoms with Crippen LogP contribution < -0.4 is 15.4 Å². The van der Waals surface area contributed by atoms with E-state index in [1.165, 1.54) is 0 Å². The fourth-order valence-electron chi connectivity index (χ4n) is 1.49. The molecule has 6 heteroatoms. The van der Waals surface area contributed by atoms with Gasteiger partial charge < -0.3 is 20.5 Å². The fraction of sp³-hybridized carbons (Fsp3) is 0.500. The van der Waals surface area contributed by atoms with Gasteiger partial charge in [0.15, 0.2) is 0 Å². The highest BCUT2D eigenvalue weighted by atomic mass is 35.5. The summed E-state index contributed by atoms with van der Waals surface area (Å²) in [7, 11) is 0. The number of aliphatic hydroxyl groups excluding tert-OH is 1. The lowest BCUT2D eigenvalue weighted by atomic mass is 10.3. The second kappa shape index (κ2) is 9.58. The lowest BCUT2D eigenvalue weighted by molar-refractivity contribution is -0.120. The molecular weight excluding hydrogens is 280 g/mol. The summed E-state index contributed by atoms with van der Waals surface area (Å²) in [6.07, 6.45) is 0.199. The van der Waals surface area contributed by atoms with Crippen LogP contribution in [0, 0.1) is 0 Å². The molecule has 112 valence electrons. The normalized spacial score (nSPS) is 11.9. The highest BCUT2D eigenvalue weighted by Crippen LogP contribution is 2.22. The van der Waals surface area contributed by atoms with Gasteiger partial charge in [-0.05, 0) is 18.6 Å². The van der Waals surface area contributed by atoms with Gasteiger partial charge in [-0.1, -0.05) is 30.7 Å². The number of hydrogen-bond acceptors (Lipinski definition) is 4. The molecule has 3 N–H and O–H groups in total. The molecule has 1 aromatic rings. The van der Waals surface area contributed by atoms with Crippen LogP contribution in [0.5, 0.6) is 5.75 Å². The Morgan fingerprint density at radius 3 is 2.90 bits per heavy atom. The quantitative estimate of drug-likeness (QED) is 0.641. The van der Waals surface area contributed by atoms with E-state index in [9.17, 15) is 9.90 Å². The van der Waals surface area contributed by atoms with Crippen molar-refractivity contribution in [1.82, 2.24) is 10.6 Å². The minimum atomic E-state index is -0.703. The summed E-state index contributed by atoms with van der Waals surface area (Å²) < 4.78 is 5.40. The largest absolute Gasteiger partial charge is 0.489 e. The molecule has 0 aliphatic heterocycles. The molecule has 0 heterocycles. The van der Waals surface area contributed by atoms with Gasteiger partial charge in [-0.3, -0.25) is 4.79 Å².